The summed E-state index contributed by atoms with van der Waals surface area (Å²) in [5, 5.41) is 7.54. The van der Waals surface area contributed by atoms with Crippen LogP contribution in [0.4, 0.5) is 17.1 Å². The minimum Gasteiger partial charge on any atom is -0.310 e. The number of hydrogen-bond donors (Lipinski definition) is 0. The van der Waals surface area contributed by atoms with E-state index in [1.165, 1.54) is 43.4 Å². The van der Waals surface area contributed by atoms with Crippen LogP contribution < -0.4 is 4.90 Å². The normalized spacial score (nSPS) is 11.5. The SMILES string of the molecule is C(=C\c1ccc2cc3ccccc3cc2c1)/c1ccc2cc(N(c3ccccc3)c3ccccc3)ccc2c1. The van der Waals surface area contributed by atoms with Crippen molar-refractivity contribution in [1.82, 2.24) is 0 Å². The van der Waals surface area contributed by atoms with E-state index in [0.29, 0.717) is 0 Å². The lowest BCUT2D eigenvalue weighted by Gasteiger charge is -2.25. The number of para-hydroxylation sites is 2. The minimum atomic E-state index is 1.14. The summed E-state index contributed by atoms with van der Waals surface area (Å²) in [6.07, 6.45) is 4.41. The van der Waals surface area contributed by atoms with Crippen LogP contribution in [-0.4, -0.2) is 0 Å². The van der Waals surface area contributed by atoms with E-state index in [1.54, 1.807) is 0 Å². The number of rotatable bonds is 5. The molecule has 0 aliphatic rings. The topological polar surface area (TPSA) is 3.24 Å². The Labute approximate surface area is 228 Å². The van der Waals surface area contributed by atoms with Crippen molar-refractivity contribution in [1.29, 1.82) is 0 Å². The van der Waals surface area contributed by atoms with Crippen LogP contribution in [0.2, 0.25) is 0 Å². The zero-order valence-electron chi connectivity index (χ0n) is 21.5. The van der Waals surface area contributed by atoms with Gasteiger partial charge in [-0.2, -0.15) is 0 Å². The molecule has 0 aromatic heterocycles. The molecule has 7 aromatic rings. The second-order valence-electron chi connectivity index (χ2n) is 9.94. The Balaban J connectivity index is 1.20. The number of fused-ring (bicyclic) bond motifs is 3. The molecule has 39 heavy (non-hydrogen) atoms. The van der Waals surface area contributed by atoms with Gasteiger partial charge in [0.2, 0.25) is 0 Å². The number of anilines is 3. The first-order valence-electron chi connectivity index (χ1n) is 13.3. The van der Waals surface area contributed by atoms with Gasteiger partial charge >= 0.3 is 0 Å². The zero-order chi connectivity index (χ0) is 26.0. The Morgan fingerprint density at radius 2 is 0.744 bits per heavy atom. The van der Waals surface area contributed by atoms with E-state index in [1.807, 2.05) is 0 Å². The third kappa shape index (κ3) is 4.67. The van der Waals surface area contributed by atoms with E-state index >= 15 is 0 Å². The molecule has 1 nitrogen and oxygen atoms in total. The lowest BCUT2D eigenvalue weighted by molar-refractivity contribution is 1.29. The van der Waals surface area contributed by atoms with Crippen molar-refractivity contribution in [2.75, 3.05) is 4.90 Å². The monoisotopic (exact) mass is 497 g/mol. The van der Waals surface area contributed by atoms with Gasteiger partial charge in [-0.3, -0.25) is 0 Å². The van der Waals surface area contributed by atoms with Crippen molar-refractivity contribution in [2.45, 2.75) is 0 Å². The zero-order valence-corrected chi connectivity index (χ0v) is 21.5. The van der Waals surface area contributed by atoms with Crippen molar-refractivity contribution >= 4 is 61.5 Å². The van der Waals surface area contributed by atoms with E-state index in [0.717, 1.165) is 17.1 Å². The summed E-state index contributed by atoms with van der Waals surface area (Å²) in [4.78, 5) is 2.30. The molecule has 0 saturated carbocycles. The molecule has 1 heteroatoms. The predicted molar refractivity (Wildman–Crippen MR) is 169 cm³/mol. The molecule has 0 spiro atoms. The number of benzene rings is 7. The van der Waals surface area contributed by atoms with Crippen LogP contribution >= 0.6 is 0 Å². The van der Waals surface area contributed by atoms with Gasteiger partial charge in [0.05, 0.1) is 0 Å². The molecule has 0 bridgehead atoms. The summed E-state index contributed by atoms with van der Waals surface area (Å²) in [7, 11) is 0. The molecule has 0 saturated heterocycles. The fourth-order valence-corrected chi connectivity index (χ4v) is 5.35. The van der Waals surface area contributed by atoms with Crippen molar-refractivity contribution < 1.29 is 0 Å². The van der Waals surface area contributed by atoms with Gasteiger partial charge in [0.15, 0.2) is 0 Å². The third-order valence-electron chi connectivity index (χ3n) is 7.33. The minimum absolute atomic E-state index is 1.14. The maximum atomic E-state index is 2.30. The molecule has 0 aliphatic heterocycles. The van der Waals surface area contributed by atoms with E-state index < -0.39 is 0 Å². The summed E-state index contributed by atoms with van der Waals surface area (Å²) in [5.41, 5.74) is 5.83. The van der Waals surface area contributed by atoms with Crippen molar-refractivity contribution in [3.63, 3.8) is 0 Å². The lowest BCUT2D eigenvalue weighted by Crippen LogP contribution is -2.09. The van der Waals surface area contributed by atoms with Crippen LogP contribution in [0.15, 0.2) is 152 Å². The Morgan fingerprint density at radius 3 is 1.36 bits per heavy atom. The Kier molecular flexibility index (Phi) is 5.88. The van der Waals surface area contributed by atoms with E-state index in [2.05, 4.69) is 169 Å². The fourth-order valence-electron chi connectivity index (χ4n) is 5.35. The molecule has 0 radical (unpaired) electrons. The van der Waals surface area contributed by atoms with Gasteiger partial charge in [-0.25, -0.2) is 0 Å². The first kappa shape index (κ1) is 23.0. The van der Waals surface area contributed by atoms with Crippen LogP contribution in [0.1, 0.15) is 11.1 Å². The Morgan fingerprint density at radius 1 is 0.308 bits per heavy atom. The summed E-state index contributed by atoms with van der Waals surface area (Å²) < 4.78 is 0. The highest BCUT2D eigenvalue weighted by molar-refractivity contribution is 5.99. The molecular formula is C38H27N. The maximum Gasteiger partial charge on any atom is 0.0468 e. The number of hydrogen-bond acceptors (Lipinski definition) is 1. The number of nitrogens with zero attached hydrogens (tertiary/aromatic N) is 1. The lowest BCUT2D eigenvalue weighted by atomic mass is 10.0. The molecule has 0 heterocycles. The molecule has 0 amide bonds. The highest BCUT2D eigenvalue weighted by Crippen LogP contribution is 2.36. The molecule has 0 fully saturated rings. The smallest absolute Gasteiger partial charge is 0.0468 e. The van der Waals surface area contributed by atoms with Crippen LogP contribution in [0.25, 0.3) is 44.5 Å². The summed E-state index contributed by atoms with van der Waals surface area (Å²) >= 11 is 0. The van der Waals surface area contributed by atoms with Crippen LogP contribution in [-0.2, 0) is 0 Å². The quantitative estimate of drug-likeness (QED) is 0.169. The van der Waals surface area contributed by atoms with Crippen LogP contribution in [0.3, 0.4) is 0 Å². The van der Waals surface area contributed by atoms with Crippen LogP contribution in [0, 0.1) is 0 Å². The third-order valence-corrected chi connectivity index (χ3v) is 7.33. The second-order valence-corrected chi connectivity index (χ2v) is 9.94. The van der Waals surface area contributed by atoms with Gasteiger partial charge in [-0.15, -0.1) is 0 Å². The van der Waals surface area contributed by atoms with Gasteiger partial charge in [-0.1, -0.05) is 103 Å². The average molecular weight is 498 g/mol. The first-order chi connectivity index (χ1) is 19.3. The Bertz CT molecular complexity index is 1910. The molecule has 0 unspecified atom stereocenters. The van der Waals surface area contributed by atoms with E-state index in [9.17, 15) is 0 Å². The van der Waals surface area contributed by atoms with Gasteiger partial charge in [-0.05, 0) is 104 Å². The summed E-state index contributed by atoms with van der Waals surface area (Å²) in [6, 6.07) is 54.2. The van der Waals surface area contributed by atoms with E-state index in [-0.39, 0.29) is 0 Å². The fraction of sp³-hybridized carbons (Fsp3) is 0. The molecule has 7 rings (SSSR count). The molecule has 0 N–H and O–H groups in total. The molecule has 184 valence electrons. The van der Waals surface area contributed by atoms with E-state index in [4.69, 9.17) is 0 Å². The summed E-state index contributed by atoms with van der Waals surface area (Å²) in [6.45, 7) is 0. The van der Waals surface area contributed by atoms with Gasteiger partial charge in [0.1, 0.15) is 0 Å². The van der Waals surface area contributed by atoms with Gasteiger partial charge in [0, 0.05) is 17.1 Å². The highest BCUT2D eigenvalue weighted by Gasteiger charge is 2.12. The Hall–Kier alpha value is -5.14. The molecular weight excluding hydrogens is 470 g/mol. The first-order valence-corrected chi connectivity index (χ1v) is 13.3. The van der Waals surface area contributed by atoms with Crippen molar-refractivity contribution in [3.8, 4) is 0 Å². The summed E-state index contributed by atoms with van der Waals surface area (Å²) in [5.74, 6) is 0. The molecule has 0 aliphatic carbocycles. The highest BCUT2D eigenvalue weighted by atomic mass is 15.1. The van der Waals surface area contributed by atoms with Gasteiger partial charge < -0.3 is 4.90 Å². The average Bonchev–Trinajstić information content (AvgIpc) is 3.00. The standard InChI is InChI=1S/C38H27N/c1-3-11-36(12-4-1)39(37-13-5-2-6-14-37)38-22-21-32-23-28(18-20-34(32)27-38)15-16-29-17-19-33-25-30-9-7-8-10-31(30)26-35(33)24-29/h1-27H/b16-15+. The molecule has 7 aromatic carbocycles. The second kappa shape index (κ2) is 9.96. The van der Waals surface area contributed by atoms with Crippen molar-refractivity contribution in [2.24, 2.45) is 0 Å². The van der Waals surface area contributed by atoms with Crippen LogP contribution in [0.5, 0.6) is 0 Å². The van der Waals surface area contributed by atoms with Crippen molar-refractivity contribution in [3.05, 3.63) is 163 Å². The maximum absolute atomic E-state index is 2.30. The molecule has 0 atom stereocenters. The predicted octanol–water partition coefficient (Wildman–Crippen LogP) is 10.8. The van der Waals surface area contributed by atoms with Gasteiger partial charge in [0.25, 0.3) is 0 Å². The largest absolute Gasteiger partial charge is 0.310 e.